The molecule has 0 aromatic heterocycles. The van der Waals surface area contributed by atoms with E-state index >= 15 is 0 Å². The summed E-state index contributed by atoms with van der Waals surface area (Å²) < 4.78 is 13.1. The van der Waals surface area contributed by atoms with E-state index in [0.29, 0.717) is 5.88 Å². The molecule has 1 aromatic carbocycles. The minimum absolute atomic E-state index is 0.207. The molecule has 3 heteroatoms. The summed E-state index contributed by atoms with van der Waals surface area (Å²) in [4.78, 5) is 2.30. The highest BCUT2D eigenvalue weighted by atomic mass is 35.5. The smallest absolute Gasteiger partial charge is 0.123 e. The molecule has 0 N–H and O–H groups in total. The lowest BCUT2D eigenvalue weighted by Gasteiger charge is -2.25. The van der Waals surface area contributed by atoms with Crippen LogP contribution in [0.4, 0.5) is 10.1 Å². The maximum atomic E-state index is 13.1. The molecular formula is C13H17ClFN. The van der Waals surface area contributed by atoms with Crippen LogP contribution >= 0.6 is 11.6 Å². The Morgan fingerprint density at radius 1 is 1.44 bits per heavy atom. The van der Waals surface area contributed by atoms with Gasteiger partial charge < -0.3 is 4.90 Å². The quantitative estimate of drug-likeness (QED) is 0.709. The molecule has 0 spiro atoms. The van der Waals surface area contributed by atoms with E-state index in [1.165, 1.54) is 25.0 Å². The van der Waals surface area contributed by atoms with Gasteiger partial charge in [0, 0.05) is 24.7 Å². The molecule has 0 aliphatic heterocycles. The summed E-state index contributed by atoms with van der Waals surface area (Å²) in [5, 5.41) is 0. The van der Waals surface area contributed by atoms with Crippen molar-refractivity contribution in [3.8, 4) is 0 Å². The highest BCUT2D eigenvalue weighted by Crippen LogP contribution is 2.32. The van der Waals surface area contributed by atoms with Crippen LogP contribution < -0.4 is 4.90 Å². The third-order valence-electron chi connectivity index (χ3n) is 3.08. The topological polar surface area (TPSA) is 3.24 Å². The largest absolute Gasteiger partial charge is 0.371 e. The fourth-order valence-electron chi connectivity index (χ4n) is 1.98. The Morgan fingerprint density at radius 3 is 2.75 bits per heavy atom. The third kappa shape index (κ3) is 2.67. The van der Waals surface area contributed by atoms with Crippen molar-refractivity contribution in [3.05, 3.63) is 29.6 Å². The number of hydrogen-bond acceptors (Lipinski definition) is 1. The molecule has 1 saturated carbocycles. The molecule has 2 rings (SSSR count). The first-order chi connectivity index (χ1) is 7.74. The van der Waals surface area contributed by atoms with E-state index in [-0.39, 0.29) is 5.82 Å². The van der Waals surface area contributed by atoms with Crippen LogP contribution in [0.25, 0.3) is 0 Å². The summed E-state index contributed by atoms with van der Waals surface area (Å²) in [6.07, 6.45) is 2.65. The molecule has 0 bridgehead atoms. The van der Waals surface area contributed by atoms with Gasteiger partial charge in [-0.3, -0.25) is 0 Å². The van der Waals surface area contributed by atoms with E-state index in [9.17, 15) is 4.39 Å². The van der Waals surface area contributed by atoms with Gasteiger partial charge in [0.15, 0.2) is 0 Å². The highest BCUT2D eigenvalue weighted by Gasteiger charge is 2.24. The number of anilines is 1. The molecule has 1 aliphatic carbocycles. The summed E-state index contributed by atoms with van der Waals surface area (Å²) in [7, 11) is 0. The molecule has 0 heterocycles. The summed E-state index contributed by atoms with van der Waals surface area (Å²) in [5.74, 6) is 0.990. The number of nitrogens with zero attached hydrogens (tertiary/aromatic N) is 1. The summed E-state index contributed by atoms with van der Waals surface area (Å²) in [6.45, 7) is 4.15. The van der Waals surface area contributed by atoms with E-state index in [4.69, 9.17) is 11.6 Å². The van der Waals surface area contributed by atoms with Crippen LogP contribution in [0.15, 0.2) is 18.2 Å². The summed E-state index contributed by atoms with van der Waals surface area (Å²) in [6, 6.07) is 4.90. The van der Waals surface area contributed by atoms with Crippen LogP contribution in [0, 0.1) is 11.7 Å². The zero-order valence-electron chi connectivity index (χ0n) is 9.55. The van der Waals surface area contributed by atoms with Crippen LogP contribution in [0.5, 0.6) is 0 Å². The van der Waals surface area contributed by atoms with Crippen LogP contribution in [-0.4, -0.2) is 13.1 Å². The number of halogens is 2. The van der Waals surface area contributed by atoms with Gasteiger partial charge in [-0.1, -0.05) is 0 Å². The zero-order chi connectivity index (χ0) is 11.5. The van der Waals surface area contributed by atoms with Gasteiger partial charge in [-0.2, -0.15) is 0 Å². The van der Waals surface area contributed by atoms with Gasteiger partial charge in [0.2, 0.25) is 0 Å². The van der Waals surface area contributed by atoms with Crippen molar-refractivity contribution in [2.75, 3.05) is 18.0 Å². The van der Waals surface area contributed by atoms with E-state index in [0.717, 1.165) is 30.3 Å². The van der Waals surface area contributed by atoms with Crippen molar-refractivity contribution >= 4 is 17.3 Å². The van der Waals surface area contributed by atoms with E-state index in [1.807, 2.05) is 6.07 Å². The third-order valence-corrected chi connectivity index (χ3v) is 3.37. The van der Waals surface area contributed by atoms with Crippen molar-refractivity contribution in [1.82, 2.24) is 0 Å². The molecule has 88 valence electrons. The van der Waals surface area contributed by atoms with Crippen LogP contribution in [-0.2, 0) is 5.88 Å². The fourth-order valence-corrected chi connectivity index (χ4v) is 2.19. The first-order valence-electron chi connectivity index (χ1n) is 5.84. The minimum atomic E-state index is -0.207. The van der Waals surface area contributed by atoms with Crippen LogP contribution in [0.3, 0.4) is 0 Å². The average molecular weight is 242 g/mol. The molecule has 1 nitrogen and oxygen atoms in total. The maximum absolute atomic E-state index is 13.1. The van der Waals surface area contributed by atoms with Crippen molar-refractivity contribution in [2.45, 2.75) is 25.6 Å². The van der Waals surface area contributed by atoms with Crippen molar-refractivity contribution in [3.63, 3.8) is 0 Å². The lowest BCUT2D eigenvalue weighted by Crippen LogP contribution is -2.26. The molecule has 16 heavy (non-hydrogen) atoms. The van der Waals surface area contributed by atoms with E-state index in [2.05, 4.69) is 11.8 Å². The Morgan fingerprint density at radius 2 is 2.19 bits per heavy atom. The second kappa shape index (κ2) is 5.05. The molecule has 0 saturated heterocycles. The number of alkyl halides is 1. The summed E-state index contributed by atoms with van der Waals surface area (Å²) >= 11 is 5.86. The lowest BCUT2D eigenvalue weighted by atomic mass is 10.1. The lowest BCUT2D eigenvalue weighted by molar-refractivity contribution is 0.625. The predicted molar refractivity (Wildman–Crippen MR) is 66.6 cm³/mol. The van der Waals surface area contributed by atoms with E-state index in [1.54, 1.807) is 0 Å². The molecule has 0 radical (unpaired) electrons. The van der Waals surface area contributed by atoms with Crippen molar-refractivity contribution in [2.24, 2.45) is 5.92 Å². The maximum Gasteiger partial charge on any atom is 0.123 e. The molecule has 0 atom stereocenters. The van der Waals surface area contributed by atoms with Crippen molar-refractivity contribution < 1.29 is 4.39 Å². The Kier molecular flexibility index (Phi) is 3.70. The second-order valence-electron chi connectivity index (χ2n) is 4.39. The molecular weight excluding hydrogens is 225 g/mol. The van der Waals surface area contributed by atoms with Crippen molar-refractivity contribution in [1.29, 1.82) is 0 Å². The van der Waals surface area contributed by atoms with Gasteiger partial charge in [0.05, 0.1) is 0 Å². The van der Waals surface area contributed by atoms with Gasteiger partial charge in [-0.15, -0.1) is 11.6 Å². The normalized spacial score (nSPS) is 15.2. The number of benzene rings is 1. The number of hydrogen-bond donors (Lipinski definition) is 0. The zero-order valence-corrected chi connectivity index (χ0v) is 10.3. The Balaban J connectivity index is 2.21. The minimum Gasteiger partial charge on any atom is -0.371 e. The van der Waals surface area contributed by atoms with Gasteiger partial charge >= 0.3 is 0 Å². The van der Waals surface area contributed by atoms with Crippen LogP contribution in [0.2, 0.25) is 0 Å². The fraction of sp³-hybridized carbons (Fsp3) is 0.538. The monoisotopic (exact) mass is 241 g/mol. The first-order valence-corrected chi connectivity index (χ1v) is 6.37. The second-order valence-corrected chi connectivity index (χ2v) is 4.66. The summed E-state index contributed by atoms with van der Waals surface area (Å²) in [5.41, 5.74) is 1.98. The van der Waals surface area contributed by atoms with Gasteiger partial charge in [0.1, 0.15) is 5.82 Å². The standard InChI is InChI=1S/C13H17ClFN/c1-2-16(9-10-3-4-10)13-6-5-12(15)7-11(13)8-14/h5-7,10H,2-4,8-9H2,1H3. The number of rotatable bonds is 5. The highest BCUT2D eigenvalue weighted by molar-refractivity contribution is 6.17. The molecule has 0 unspecified atom stereocenters. The first kappa shape index (κ1) is 11.7. The van der Waals surface area contributed by atoms with E-state index < -0.39 is 0 Å². The average Bonchev–Trinajstić information content (AvgIpc) is 3.10. The molecule has 0 amide bonds. The van der Waals surface area contributed by atoms with Gasteiger partial charge in [0.25, 0.3) is 0 Å². The van der Waals surface area contributed by atoms with Crippen LogP contribution in [0.1, 0.15) is 25.3 Å². The predicted octanol–water partition coefficient (Wildman–Crippen LogP) is 3.80. The Bertz CT molecular complexity index is 363. The molecule has 1 aliphatic rings. The van der Waals surface area contributed by atoms with Gasteiger partial charge in [-0.05, 0) is 49.4 Å². The Hall–Kier alpha value is -0.760. The Labute approximate surface area is 101 Å². The van der Waals surface area contributed by atoms with Gasteiger partial charge in [-0.25, -0.2) is 4.39 Å². The molecule has 1 fully saturated rings. The molecule has 1 aromatic rings. The SMILES string of the molecule is CCN(CC1CC1)c1ccc(F)cc1CCl.